The Bertz CT molecular complexity index is 185. The van der Waals surface area contributed by atoms with Crippen molar-refractivity contribution in [1.29, 1.82) is 0 Å². The quantitative estimate of drug-likeness (QED) is 0.674. The molecule has 0 aromatic carbocycles. The molecule has 0 heterocycles. The molecule has 1 rings (SSSR count). The van der Waals surface area contributed by atoms with Gasteiger partial charge in [-0.15, -0.1) is 0 Å². The van der Waals surface area contributed by atoms with E-state index in [1.807, 2.05) is 13.8 Å². The number of alkyl halides is 3. The van der Waals surface area contributed by atoms with Crippen LogP contribution in [0.2, 0.25) is 0 Å². The average Bonchev–Trinajstić information content (AvgIpc) is 2.77. The summed E-state index contributed by atoms with van der Waals surface area (Å²) in [4.78, 5) is 0. The lowest BCUT2D eigenvalue weighted by atomic mass is 10.2. The zero-order chi connectivity index (χ0) is 10.8. The first kappa shape index (κ1) is 11.8. The SMILES string of the molecule is CC(C)NCCNC1(C(F)(F)F)CC1. The van der Waals surface area contributed by atoms with Crippen LogP contribution in [0.25, 0.3) is 0 Å². The highest BCUT2D eigenvalue weighted by Crippen LogP contribution is 2.48. The maximum atomic E-state index is 12.4. The van der Waals surface area contributed by atoms with Gasteiger partial charge in [0.1, 0.15) is 5.54 Å². The molecule has 0 unspecified atom stereocenters. The van der Waals surface area contributed by atoms with Crippen molar-refractivity contribution in [3.8, 4) is 0 Å². The molecule has 2 nitrogen and oxygen atoms in total. The predicted molar refractivity (Wildman–Crippen MR) is 49.2 cm³/mol. The van der Waals surface area contributed by atoms with Gasteiger partial charge >= 0.3 is 6.18 Å². The predicted octanol–water partition coefficient (Wildman–Crippen LogP) is 1.67. The van der Waals surface area contributed by atoms with Crippen molar-refractivity contribution in [2.24, 2.45) is 0 Å². The molecule has 0 amide bonds. The van der Waals surface area contributed by atoms with E-state index in [0.717, 1.165) is 0 Å². The van der Waals surface area contributed by atoms with E-state index >= 15 is 0 Å². The van der Waals surface area contributed by atoms with E-state index in [9.17, 15) is 13.2 Å². The van der Waals surface area contributed by atoms with Crippen molar-refractivity contribution < 1.29 is 13.2 Å². The maximum absolute atomic E-state index is 12.4. The Balaban J connectivity index is 2.19. The van der Waals surface area contributed by atoms with Crippen LogP contribution in [0.5, 0.6) is 0 Å². The molecule has 1 saturated carbocycles. The van der Waals surface area contributed by atoms with Crippen LogP contribution in [-0.2, 0) is 0 Å². The zero-order valence-corrected chi connectivity index (χ0v) is 8.54. The molecular formula is C9H17F3N2. The standard InChI is InChI=1S/C9H17F3N2/c1-7(2)13-5-6-14-8(3-4-8)9(10,11)12/h7,13-14H,3-6H2,1-2H3. The van der Waals surface area contributed by atoms with E-state index in [1.54, 1.807) is 0 Å². The Hall–Kier alpha value is -0.290. The van der Waals surface area contributed by atoms with E-state index in [-0.39, 0.29) is 12.8 Å². The van der Waals surface area contributed by atoms with Crippen LogP contribution < -0.4 is 10.6 Å². The van der Waals surface area contributed by atoms with E-state index in [1.165, 1.54) is 0 Å². The van der Waals surface area contributed by atoms with Gasteiger partial charge in [0.2, 0.25) is 0 Å². The van der Waals surface area contributed by atoms with Crippen molar-refractivity contribution in [2.45, 2.75) is 44.4 Å². The lowest BCUT2D eigenvalue weighted by Gasteiger charge is -2.21. The molecule has 1 fully saturated rings. The molecule has 84 valence electrons. The number of hydrogen-bond donors (Lipinski definition) is 2. The minimum atomic E-state index is -4.09. The van der Waals surface area contributed by atoms with Gasteiger partial charge in [-0.1, -0.05) is 13.8 Å². The Morgan fingerprint density at radius 3 is 2.14 bits per heavy atom. The first-order valence-electron chi connectivity index (χ1n) is 4.92. The van der Waals surface area contributed by atoms with Gasteiger partial charge in [0.05, 0.1) is 0 Å². The molecule has 2 N–H and O–H groups in total. The lowest BCUT2D eigenvalue weighted by molar-refractivity contribution is -0.165. The van der Waals surface area contributed by atoms with Gasteiger partial charge in [-0.05, 0) is 12.8 Å². The maximum Gasteiger partial charge on any atom is 0.406 e. The molecule has 0 aromatic heterocycles. The molecule has 0 atom stereocenters. The van der Waals surface area contributed by atoms with E-state index in [2.05, 4.69) is 10.6 Å². The fraction of sp³-hybridized carbons (Fsp3) is 1.00. The Morgan fingerprint density at radius 2 is 1.79 bits per heavy atom. The normalized spacial score (nSPS) is 20.1. The smallest absolute Gasteiger partial charge is 0.313 e. The van der Waals surface area contributed by atoms with Crippen LogP contribution in [0.1, 0.15) is 26.7 Å². The van der Waals surface area contributed by atoms with Crippen LogP contribution in [0.3, 0.4) is 0 Å². The summed E-state index contributed by atoms with van der Waals surface area (Å²) in [6.07, 6.45) is -3.65. The van der Waals surface area contributed by atoms with Crippen LogP contribution >= 0.6 is 0 Å². The van der Waals surface area contributed by atoms with Crippen molar-refractivity contribution in [3.63, 3.8) is 0 Å². The van der Waals surface area contributed by atoms with E-state index in [4.69, 9.17) is 0 Å². The highest BCUT2D eigenvalue weighted by molar-refractivity contribution is 5.07. The fourth-order valence-corrected chi connectivity index (χ4v) is 1.35. The van der Waals surface area contributed by atoms with Crippen LogP contribution in [0.15, 0.2) is 0 Å². The van der Waals surface area contributed by atoms with Gasteiger partial charge in [0, 0.05) is 19.1 Å². The Kier molecular flexibility index (Phi) is 3.42. The monoisotopic (exact) mass is 210 g/mol. The van der Waals surface area contributed by atoms with E-state index < -0.39 is 11.7 Å². The zero-order valence-electron chi connectivity index (χ0n) is 8.54. The summed E-state index contributed by atoms with van der Waals surface area (Å²) >= 11 is 0. The summed E-state index contributed by atoms with van der Waals surface area (Å²) in [5.41, 5.74) is -1.56. The third kappa shape index (κ3) is 2.85. The van der Waals surface area contributed by atoms with Gasteiger partial charge in [-0.25, -0.2) is 0 Å². The highest BCUT2D eigenvalue weighted by Gasteiger charge is 2.62. The third-order valence-electron chi connectivity index (χ3n) is 2.43. The van der Waals surface area contributed by atoms with Gasteiger partial charge in [-0.3, -0.25) is 0 Å². The molecular weight excluding hydrogens is 193 g/mol. The van der Waals surface area contributed by atoms with Crippen LogP contribution in [0.4, 0.5) is 13.2 Å². The summed E-state index contributed by atoms with van der Waals surface area (Å²) in [6.45, 7) is 4.89. The minimum Gasteiger partial charge on any atom is -0.313 e. The largest absolute Gasteiger partial charge is 0.406 e. The molecule has 0 spiro atoms. The van der Waals surface area contributed by atoms with Gasteiger partial charge < -0.3 is 10.6 Å². The summed E-state index contributed by atoms with van der Waals surface area (Å²) in [5, 5.41) is 5.65. The van der Waals surface area contributed by atoms with Gasteiger partial charge in [0.25, 0.3) is 0 Å². The van der Waals surface area contributed by atoms with Crippen molar-refractivity contribution >= 4 is 0 Å². The number of nitrogens with one attached hydrogen (secondary N) is 2. The van der Waals surface area contributed by atoms with Crippen LogP contribution in [-0.4, -0.2) is 30.8 Å². The van der Waals surface area contributed by atoms with Gasteiger partial charge in [0.15, 0.2) is 0 Å². The van der Waals surface area contributed by atoms with Crippen LogP contribution in [0, 0.1) is 0 Å². The molecule has 0 aliphatic heterocycles. The summed E-state index contributed by atoms with van der Waals surface area (Å²) in [7, 11) is 0. The van der Waals surface area contributed by atoms with Gasteiger partial charge in [-0.2, -0.15) is 13.2 Å². The highest BCUT2D eigenvalue weighted by atomic mass is 19.4. The summed E-state index contributed by atoms with van der Waals surface area (Å²) < 4.78 is 37.2. The third-order valence-corrected chi connectivity index (χ3v) is 2.43. The fourth-order valence-electron chi connectivity index (χ4n) is 1.35. The molecule has 5 heteroatoms. The molecule has 14 heavy (non-hydrogen) atoms. The summed E-state index contributed by atoms with van der Waals surface area (Å²) in [5.74, 6) is 0. The Labute approximate surface area is 82.2 Å². The minimum absolute atomic E-state index is 0.220. The lowest BCUT2D eigenvalue weighted by Crippen LogP contribution is -2.47. The second kappa shape index (κ2) is 4.06. The van der Waals surface area contributed by atoms with E-state index in [0.29, 0.717) is 19.1 Å². The second-order valence-corrected chi connectivity index (χ2v) is 4.12. The Morgan fingerprint density at radius 1 is 1.21 bits per heavy atom. The number of halogens is 3. The first-order valence-corrected chi connectivity index (χ1v) is 4.92. The molecule has 0 radical (unpaired) electrons. The number of hydrogen-bond acceptors (Lipinski definition) is 2. The molecule has 0 saturated heterocycles. The second-order valence-electron chi connectivity index (χ2n) is 4.12. The molecule has 1 aliphatic rings. The van der Waals surface area contributed by atoms with Crippen molar-refractivity contribution in [1.82, 2.24) is 10.6 Å². The number of rotatable bonds is 5. The molecule has 1 aliphatic carbocycles. The van der Waals surface area contributed by atoms with Crippen molar-refractivity contribution in [2.75, 3.05) is 13.1 Å². The van der Waals surface area contributed by atoms with Crippen molar-refractivity contribution in [3.05, 3.63) is 0 Å². The molecule has 0 bridgehead atoms. The first-order chi connectivity index (χ1) is 6.37. The summed E-state index contributed by atoms with van der Waals surface area (Å²) in [6, 6.07) is 0.317. The topological polar surface area (TPSA) is 24.1 Å². The molecule has 0 aromatic rings. The average molecular weight is 210 g/mol.